The lowest BCUT2D eigenvalue weighted by atomic mass is 10.2. The van der Waals surface area contributed by atoms with Gasteiger partial charge in [-0.25, -0.2) is 9.97 Å². The van der Waals surface area contributed by atoms with E-state index < -0.39 is 0 Å². The average molecular weight is 308 g/mol. The first kappa shape index (κ1) is 12.9. The second-order valence-electron chi connectivity index (χ2n) is 3.35. The summed E-state index contributed by atoms with van der Waals surface area (Å²) in [6, 6.07) is 5.15. The second-order valence-corrected chi connectivity index (χ2v) is 4.88. The highest BCUT2D eigenvalue weighted by atomic mass is 35.5. The van der Waals surface area contributed by atoms with E-state index in [4.69, 9.17) is 46.4 Å². The number of hydrogen-bond donors (Lipinski definition) is 0. The van der Waals surface area contributed by atoms with Crippen LogP contribution in [0.4, 0.5) is 0 Å². The third kappa shape index (κ3) is 2.50. The van der Waals surface area contributed by atoms with Gasteiger partial charge in [0.15, 0.2) is 5.82 Å². The summed E-state index contributed by atoms with van der Waals surface area (Å²) < 4.78 is 0. The monoisotopic (exact) mass is 306 g/mol. The quantitative estimate of drug-likeness (QED) is 0.688. The molecule has 0 radical (unpaired) electrons. The topological polar surface area (TPSA) is 25.8 Å². The zero-order valence-corrected chi connectivity index (χ0v) is 11.7. The minimum Gasteiger partial charge on any atom is -0.216 e. The highest BCUT2D eigenvalue weighted by Crippen LogP contribution is 2.34. The lowest BCUT2D eigenvalue weighted by Gasteiger charge is -2.07. The zero-order valence-electron chi connectivity index (χ0n) is 8.64. The summed E-state index contributed by atoms with van der Waals surface area (Å²) in [6.45, 7) is 1.74. The first-order valence-electron chi connectivity index (χ1n) is 4.64. The maximum atomic E-state index is 6.06. The number of benzene rings is 1. The molecule has 0 aliphatic heterocycles. The highest BCUT2D eigenvalue weighted by Gasteiger charge is 2.14. The van der Waals surface area contributed by atoms with E-state index in [2.05, 4.69) is 9.97 Å². The predicted octanol–water partition coefficient (Wildman–Crippen LogP) is 5.07. The van der Waals surface area contributed by atoms with Crippen molar-refractivity contribution in [3.8, 4) is 11.4 Å². The molecule has 1 heterocycles. The normalized spacial score (nSPS) is 10.6. The Hall–Kier alpha value is -0.540. The molecule has 1 aromatic carbocycles. The molecule has 0 saturated heterocycles. The molecule has 1 aromatic heterocycles. The van der Waals surface area contributed by atoms with Gasteiger partial charge < -0.3 is 0 Å². The Bertz CT molecular complexity index is 540. The second kappa shape index (κ2) is 4.99. The fraction of sp³-hybridized carbons (Fsp3) is 0.0909. The lowest BCUT2D eigenvalue weighted by molar-refractivity contribution is 1.14. The molecule has 0 aliphatic rings. The van der Waals surface area contributed by atoms with Gasteiger partial charge in [-0.3, -0.25) is 0 Å². The van der Waals surface area contributed by atoms with Crippen molar-refractivity contribution >= 4 is 46.4 Å². The molecule has 0 aliphatic carbocycles. The fourth-order valence-electron chi connectivity index (χ4n) is 1.29. The molecule has 0 amide bonds. The van der Waals surface area contributed by atoms with Gasteiger partial charge in [-0.1, -0.05) is 52.5 Å². The van der Waals surface area contributed by atoms with E-state index >= 15 is 0 Å². The standard InChI is InChI=1S/C11H6Cl4N2/c1-5-9(14)16-11(17-10(5)15)8-6(12)3-2-4-7(8)13/h2-4H,1H3. The Morgan fingerprint density at radius 1 is 0.882 bits per heavy atom. The van der Waals surface area contributed by atoms with Gasteiger partial charge in [0.05, 0.1) is 15.6 Å². The molecular formula is C11H6Cl4N2. The summed E-state index contributed by atoms with van der Waals surface area (Å²) in [5, 5.41) is 1.48. The summed E-state index contributed by atoms with van der Waals surface area (Å²) in [5.74, 6) is 0.321. The van der Waals surface area contributed by atoms with Crippen LogP contribution in [0.1, 0.15) is 5.56 Å². The Labute approximate surface area is 119 Å². The van der Waals surface area contributed by atoms with Crippen molar-refractivity contribution in [2.75, 3.05) is 0 Å². The van der Waals surface area contributed by atoms with E-state index in [0.717, 1.165) is 0 Å². The average Bonchev–Trinajstić information content (AvgIpc) is 2.25. The maximum Gasteiger partial charge on any atom is 0.165 e. The number of rotatable bonds is 1. The largest absolute Gasteiger partial charge is 0.216 e. The van der Waals surface area contributed by atoms with Gasteiger partial charge in [-0.15, -0.1) is 0 Å². The molecule has 0 atom stereocenters. The van der Waals surface area contributed by atoms with Crippen LogP contribution in [0, 0.1) is 6.92 Å². The Balaban J connectivity index is 2.69. The maximum absolute atomic E-state index is 6.06. The van der Waals surface area contributed by atoms with E-state index in [1.54, 1.807) is 25.1 Å². The minimum atomic E-state index is 0.288. The summed E-state index contributed by atoms with van der Waals surface area (Å²) >= 11 is 24.0. The molecule has 0 unspecified atom stereocenters. The lowest BCUT2D eigenvalue weighted by Crippen LogP contribution is -1.95. The highest BCUT2D eigenvalue weighted by molar-refractivity contribution is 6.39. The number of halogens is 4. The first-order chi connectivity index (χ1) is 8.00. The molecular weight excluding hydrogens is 302 g/mol. The number of hydrogen-bond acceptors (Lipinski definition) is 2. The number of aromatic nitrogens is 2. The minimum absolute atomic E-state index is 0.288. The predicted molar refractivity (Wildman–Crippen MR) is 72.2 cm³/mol. The molecule has 6 heteroatoms. The van der Waals surface area contributed by atoms with Crippen LogP contribution < -0.4 is 0 Å². The van der Waals surface area contributed by atoms with Crippen LogP contribution in [0.5, 0.6) is 0 Å². The van der Waals surface area contributed by atoms with Crippen LogP contribution in [0.2, 0.25) is 20.4 Å². The van der Waals surface area contributed by atoms with Gasteiger partial charge in [0.2, 0.25) is 0 Å². The SMILES string of the molecule is Cc1c(Cl)nc(-c2c(Cl)cccc2Cl)nc1Cl. The molecule has 0 fully saturated rings. The van der Waals surface area contributed by atoms with Crippen LogP contribution in [-0.4, -0.2) is 9.97 Å². The van der Waals surface area contributed by atoms with Crippen molar-refractivity contribution < 1.29 is 0 Å². The van der Waals surface area contributed by atoms with Gasteiger partial charge in [0, 0.05) is 5.56 Å². The molecule has 17 heavy (non-hydrogen) atoms. The Kier molecular flexibility index (Phi) is 3.79. The smallest absolute Gasteiger partial charge is 0.165 e. The van der Waals surface area contributed by atoms with E-state index in [9.17, 15) is 0 Å². The van der Waals surface area contributed by atoms with E-state index in [1.807, 2.05) is 0 Å². The molecule has 2 rings (SSSR count). The van der Waals surface area contributed by atoms with Crippen molar-refractivity contribution in [1.29, 1.82) is 0 Å². The van der Waals surface area contributed by atoms with Gasteiger partial charge in [0.25, 0.3) is 0 Å². The molecule has 2 nitrogen and oxygen atoms in total. The molecule has 88 valence electrons. The number of nitrogens with zero attached hydrogens (tertiary/aromatic N) is 2. The first-order valence-corrected chi connectivity index (χ1v) is 6.16. The molecule has 0 N–H and O–H groups in total. The summed E-state index contributed by atoms with van der Waals surface area (Å²) in [6.07, 6.45) is 0. The molecule has 0 spiro atoms. The van der Waals surface area contributed by atoms with Crippen LogP contribution >= 0.6 is 46.4 Å². The molecule has 2 aromatic rings. The Morgan fingerprint density at radius 2 is 1.35 bits per heavy atom. The van der Waals surface area contributed by atoms with Crippen LogP contribution in [-0.2, 0) is 0 Å². The van der Waals surface area contributed by atoms with E-state index in [0.29, 0.717) is 27.0 Å². The van der Waals surface area contributed by atoms with Gasteiger partial charge in [-0.05, 0) is 19.1 Å². The van der Waals surface area contributed by atoms with Crippen molar-refractivity contribution in [1.82, 2.24) is 9.97 Å². The van der Waals surface area contributed by atoms with Gasteiger partial charge >= 0.3 is 0 Å². The van der Waals surface area contributed by atoms with Crippen molar-refractivity contribution in [3.63, 3.8) is 0 Å². The third-order valence-electron chi connectivity index (χ3n) is 2.21. The van der Waals surface area contributed by atoms with Crippen molar-refractivity contribution in [2.45, 2.75) is 6.92 Å². The van der Waals surface area contributed by atoms with Gasteiger partial charge in [0.1, 0.15) is 10.3 Å². The zero-order chi connectivity index (χ0) is 12.6. The summed E-state index contributed by atoms with van der Waals surface area (Å²) in [5.41, 5.74) is 1.15. The van der Waals surface area contributed by atoms with Crippen molar-refractivity contribution in [3.05, 3.63) is 44.1 Å². The van der Waals surface area contributed by atoms with Crippen LogP contribution in [0.3, 0.4) is 0 Å². The van der Waals surface area contributed by atoms with E-state index in [1.165, 1.54) is 0 Å². The van der Waals surface area contributed by atoms with Crippen LogP contribution in [0.25, 0.3) is 11.4 Å². The molecule has 0 bridgehead atoms. The summed E-state index contributed by atoms with van der Waals surface area (Å²) in [4.78, 5) is 8.25. The van der Waals surface area contributed by atoms with Gasteiger partial charge in [-0.2, -0.15) is 0 Å². The Morgan fingerprint density at radius 3 is 1.82 bits per heavy atom. The van der Waals surface area contributed by atoms with Crippen LogP contribution in [0.15, 0.2) is 18.2 Å². The third-order valence-corrected chi connectivity index (χ3v) is 3.58. The fourth-order valence-corrected chi connectivity index (χ4v) is 2.24. The van der Waals surface area contributed by atoms with E-state index in [-0.39, 0.29) is 10.3 Å². The molecule has 0 saturated carbocycles. The summed E-state index contributed by atoms with van der Waals surface area (Å²) in [7, 11) is 0. The van der Waals surface area contributed by atoms with Crippen molar-refractivity contribution in [2.24, 2.45) is 0 Å².